The first-order chi connectivity index (χ1) is 15.4. The Hall–Kier alpha value is -3.65. The van der Waals surface area contributed by atoms with Crippen LogP contribution in [0.5, 0.6) is 6.01 Å². The van der Waals surface area contributed by atoms with E-state index in [4.69, 9.17) is 9.72 Å². The Bertz CT molecular complexity index is 1260. The lowest BCUT2D eigenvalue weighted by molar-refractivity contribution is 0.0696. The molecule has 4 aromatic rings. The van der Waals surface area contributed by atoms with Crippen LogP contribution in [-0.4, -0.2) is 31.0 Å². The highest BCUT2D eigenvalue weighted by Gasteiger charge is 2.16. The molecule has 3 aromatic heterocycles. The summed E-state index contributed by atoms with van der Waals surface area (Å²) in [4.78, 5) is 30.0. The predicted octanol–water partition coefficient (Wildman–Crippen LogP) is 5.37. The number of thiazole rings is 1. The summed E-state index contributed by atoms with van der Waals surface area (Å²) in [6.45, 7) is 6.32. The van der Waals surface area contributed by atoms with Crippen molar-refractivity contribution in [2.24, 2.45) is 0 Å². The highest BCUT2D eigenvalue weighted by Crippen LogP contribution is 2.33. The standard InChI is InChI=1S/C24H22N4O3S/c1-14(2)18-12-16(23(29)30)8-9-17(18)19-6-4-7-20(28-19)22-15(3)27-21(32-22)13-31-24-25-10-5-11-26-24/h4-12,14H,13H2,1-3H3,(H,29,30). The molecule has 0 aliphatic rings. The van der Waals surface area contributed by atoms with E-state index in [0.717, 1.165) is 38.1 Å². The van der Waals surface area contributed by atoms with Crippen LogP contribution in [0.25, 0.3) is 21.8 Å². The van der Waals surface area contributed by atoms with Crippen LogP contribution in [0.3, 0.4) is 0 Å². The normalized spacial score (nSPS) is 11.0. The average Bonchev–Trinajstić information content (AvgIpc) is 3.18. The Labute approximate surface area is 189 Å². The van der Waals surface area contributed by atoms with Gasteiger partial charge in [-0.15, -0.1) is 11.3 Å². The second kappa shape index (κ2) is 9.23. The molecule has 0 unspecified atom stereocenters. The lowest BCUT2D eigenvalue weighted by Crippen LogP contribution is -2.01. The quantitative estimate of drug-likeness (QED) is 0.407. The highest BCUT2D eigenvalue weighted by molar-refractivity contribution is 7.15. The van der Waals surface area contributed by atoms with Crippen molar-refractivity contribution in [2.45, 2.75) is 33.3 Å². The maximum Gasteiger partial charge on any atom is 0.335 e. The molecule has 0 aliphatic carbocycles. The van der Waals surface area contributed by atoms with Crippen LogP contribution >= 0.6 is 11.3 Å². The minimum Gasteiger partial charge on any atom is -0.478 e. The molecular formula is C24H22N4O3S. The summed E-state index contributed by atoms with van der Waals surface area (Å²) < 4.78 is 5.62. The van der Waals surface area contributed by atoms with Gasteiger partial charge < -0.3 is 9.84 Å². The van der Waals surface area contributed by atoms with Gasteiger partial charge in [-0.2, -0.15) is 0 Å². The SMILES string of the molecule is Cc1nc(COc2ncccn2)sc1-c1cccc(-c2ccc(C(=O)O)cc2C(C)C)n1. The molecule has 1 N–H and O–H groups in total. The van der Waals surface area contributed by atoms with Gasteiger partial charge >= 0.3 is 12.0 Å². The Morgan fingerprint density at radius 3 is 2.53 bits per heavy atom. The summed E-state index contributed by atoms with van der Waals surface area (Å²) in [5.74, 6) is -0.778. The third kappa shape index (κ3) is 4.65. The summed E-state index contributed by atoms with van der Waals surface area (Å²) in [5, 5.41) is 10.2. The van der Waals surface area contributed by atoms with Crippen molar-refractivity contribution >= 4 is 17.3 Å². The van der Waals surface area contributed by atoms with Gasteiger partial charge in [0.1, 0.15) is 11.6 Å². The van der Waals surface area contributed by atoms with Crippen LogP contribution in [0.2, 0.25) is 0 Å². The van der Waals surface area contributed by atoms with Gasteiger partial charge in [0.15, 0.2) is 0 Å². The van der Waals surface area contributed by atoms with E-state index < -0.39 is 5.97 Å². The van der Waals surface area contributed by atoms with E-state index in [2.05, 4.69) is 15.0 Å². The number of hydrogen-bond acceptors (Lipinski definition) is 7. The largest absolute Gasteiger partial charge is 0.478 e. The van der Waals surface area contributed by atoms with Gasteiger partial charge in [-0.25, -0.2) is 24.7 Å². The number of carboxylic acid groups (broad SMARTS) is 1. The maximum absolute atomic E-state index is 11.4. The zero-order valence-electron chi connectivity index (χ0n) is 17.9. The van der Waals surface area contributed by atoms with E-state index in [1.807, 2.05) is 45.0 Å². The van der Waals surface area contributed by atoms with Gasteiger partial charge in [-0.3, -0.25) is 0 Å². The van der Waals surface area contributed by atoms with Crippen LogP contribution in [0, 0.1) is 6.92 Å². The molecule has 4 rings (SSSR count). The molecule has 0 radical (unpaired) electrons. The molecule has 7 nitrogen and oxygen atoms in total. The van der Waals surface area contributed by atoms with Gasteiger partial charge in [-0.1, -0.05) is 26.0 Å². The number of benzene rings is 1. The minimum absolute atomic E-state index is 0.156. The number of pyridine rings is 1. The van der Waals surface area contributed by atoms with Crippen molar-refractivity contribution in [3.8, 4) is 27.8 Å². The van der Waals surface area contributed by atoms with Crippen LogP contribution in [0.4, 0.5) is 0 Å². The molecule has 162 valence electrons. The van der Waals surface area contributed by atoms with Crippen molar-refractivity contribution in [2.75, 3.05) is 0 Å². The molecule has 0 spiro atoms. The molecule has 0 fully saturated rings. The number of carbonyl (C=O) groups is 1. The van der Waals surface area contributed by atoms with Crippen LogP contribution in [-0.2, 0) is 6.61 Å². The van der Waals surface area contributed by atoms with E-state index in [0.29, 0.717) is 6.01 Å². The number of hydrogen-bond donors (Lipinski definition) is 1. The van der Waals surface area contributed by atoms with E-state index in [1.54, 1.807) is 30.6 Å². The molecule has 0 bridgehead atoms. The van der Waals surface area contributed by atoms with Gasteiger partial charge in [0.25, 0.3) is 0 Å². The van der Waals surface area contributed by atoms with Crippen molar-refractivity contribution in [1.82, 2.24) is 19.9 Å². The Morgan fingerprint density at radius 2 is 1.81 bits per heavy atom. The second-order valence-electron chi connectivity index (χ2n) is 7.51. The molecule has 32 heavy (non-hydrogen) atoms. The molecule has 0 atom stereocenters. The van der Waals surface area contributed by atoms with Gasteiger partial charge in [0, 0.05) is 18.0 Å². The number of rotatable bonds is 7. The fourth-order valence-electron chi connectivity index (χ4n) is 3.36. The third-order valence-electron chi connectivity index (χ3n) is 4.89. The minimum atomic E-state index is -0.934. The summed E-state index contributed by atoms with van der Waals surface area (Å²) in [7, 11) is 0. The Balaban J connectivity index is 1.64. The molecule has 1 aromatic carbocycles. The zero-order valence-corrected chi connectivity index (χ0v) is 18.8. The lowest BCUT2D eigenvalue weighted by Gasteiger charge is -2.14. The third-order valence-corrected chi connectivity index (χ3v) is 6.04. The number of aryl methyl sites for hydroxylation is 1. The van der Waals surface area contributed by atoms with Crippen molar-refractivity contribution < 1.29 is 14.6 Å². The van der Waals surface area contributed by atoms with Crippen LogP contribution in [0.15, 0.2) is 54.9 Å². The molecule has 8 heteroatoms. The molecule has 0 aliphatic heterocycles. The molecule has 0 amide bonds. The van der Waals surface area contributed by atoms with Gasteiger partial charge in [-0.05, 0) is 48.7 Å². The zero-order chi connectivity index (χ0) is 22.7. The topological polar surface area (TPSA) is 98.1 Å². The first-order valence-corrected chi connectivity index (χ1v) is 10.9. The van der Waals surface area contributed by atoms with E-state index in [-0.39, 0.29) is 18.1 Å². The van der Waals surface area contributed by atoms with Crippen LogP contribution < -0.4 is 4.74 Å². The van der Waals surface area contributed by atoms with E-state index in [1.165, 1.54) is 11.3 Å². The molecule has 3 heterocycles. The van der Waals surface area contributed by atoms with E-state index >= 15 is 0 Å². The number of nitrogens with zero attached hydrogens (tertiary/aromatic N) is 4. The second-order valence-corrected chi connectivity index (χ2v) is 8.60. The predicted molar refractivity (Wildman–Crippen MR) is 123 cm³/mol. The van der Waals surface area contributed by atoms with Crippen molar-refractivity contribution in [3.63, 3.8) is 0 Å². The smallest absolute Gasteiger partial charge is 0.335 e. The van der Waals surface area contributed by atoms with Crippen molar-refractivity contribution in [3.05, 3.63) is 76.7 Å². The molecular weight excluding hydrogens is 424 g/mol. The van der Waals surface area contributed by atoms with E-state index in [9.17, 15) is 9.90 Å². The fourth-order valence-corrected chi connectivity index (χ4v) is 4.30. The average molecular weight is 447 g/mol. The number of ether oxygens (including phenoxy) is 1. The molecule has 0 saturated heterocycles. The fraction of sp³-hybridized carbons (Fsp3) is 0.208. The van der Waals surface area contributed by atoms with Gasteiger partial charge in [0.05, 0.1) is 27.5 Å². The number of carboxylic acids is 1. The van der Waals surface area contributed by atoms with Crippen molar-refractivity contribution in [1.29, 1.82) is 0 Å². The van der Waals surface area contributed by atoms with Gasteiger partial charge in [0.2, 0.25) is 0 Å². The van der Waals surface area contributed by atoms with Crippen LogP contribution in [0.1, 0.15) is 46.4 Å². The highest BCUT2D eigenvalue weighted by atomic mass is 32.1. The Kier molecular flexibility index (Phi) is 6.23. The first-order valence-electron chi connectivity index (χ1n) is 10.1. The summed E-state index contributed by atoms with van der Waals surface area (Å²) >= 11 is 1.52. The lowest BCUT2D eigenvalue weighted by atomic mass is 9.93. The number of aromatic carboxylic acids is 1. The monoisotopic (exact) mass is 446 g/mol. The number of aromatic nitrogens is 4. The summed E-state index contributed by atoms with van der Waals surface area (Å²) in [6, 6.07) is 13.1. The Morgan fingerprint density at radius 1 is 1.06 bits per heavy atom. The first kappa shape index (κ1) is 21.6. The summed E-state index contributed by atoms with van der Waals surface area (Å²) in [6.07, 6.45) is 3.26. The maximum atomic E-state index is 11.4. The summed E-state index contributed by atoms with van der Waals surface area (Å²) in [5.41, 5.74) is 4.64. The molecule has 0 saturated carbocycles.